The van der Waals surface area contributed by atoms with Crippen LogP contribution in [0.25, 0.3) is 17.2 Å². The lowest BCUT2D eigenvalue weighted by atomic mass is 10.0. The Bertz CT molecular complexity index is 1060. The molecule has 0 radical (unpaired) electrons. The average molecular weight is 366 g/mol. The first-order valence-electron chi connectivity index (χ1n) is 8.47. The molecule has 0 aliphatic carbocycles. The van der Waals surface area contributed by atoms with Gasteiger partial charge >= 0.3 is 0 Å². The van der Waals surface area contributed by atoms with Crippen LogP contribution >= 0.6 is 11.6 Å². The van der Waals surface area contributed by atoms with Crippen LogP contribution in [-0.4, -0.2) is 42.6 Å². The van der Waals surface area contributed by atoms with Crippen LogP contribution in [0.1, 0.15) is 17.9 Å². The molecule has 1 saturated heterocycles. The molecule has 26 heavy (non-hydrogen) atoms. The predicted octanol–water partition coefficient (Wildman–Crippen LogP) is 3.16. The Balaban J connectivity index is 1.47. The summed E-state index contributed by atoms with van der Waals surface area (Å²) in [5, 5.41) is 7.60. The van der Waals surface area contributed by atoms with E-state index in [1.165, 1.54) is 5.56 Å². The molecule has 7 nitrogen and oxygen atoms in total. The van der Waals surface area contributed by atoms with E-state index in [-0.39, 0.29) is 0 Å². The maximum Gasteiger partial charge on any atom is 0.180 e. The molecule has 1 aliphatic rings. The standard InChI is InChI=1S/C18H16ClN7/c19-14-1-2-16-21-9-15(26(16)11-14)18-20-5-3-17(24-18)25-6-4-12(10-25)13-7-22-23-8-13/h1-3,5,7-9,11-12H,4,6,10H2,(H,22,23). The number of aromatic amines is 1. The van der Waals surface area contributed by atoms with Gasteiger partial charge in [-0.25, -0.2) is 15.0 Å². The maximum atomic E-state index is 6.13. The molecule has 130 valence electrons. The highest BCUT2D eigenvalue weighted by Gasteiger charge is 2.26. The second-order valence-corrected chi connectivity index (χ2v) is 6.86. The van der Waals surface area contributed by atoms with Gasteiger partial charge in [0, 0.05) is 37.6 Å². The lowest BCUT2D eigenvalue weighted by molar-refractivity contribution is 0.775. The number of H-pyrrole nitrogens is 1. The number of nitrogens with zero attached hydrogens (tertiary/aromatic N) is 6. The summed E-state index contributed by atoms with van der Waals surface area (Å²) in [6.45, 7) is 1.89. The summed E-state index contributed by atoms with van der Waals surface area (Å²) >= 11 is 6.13. The molecule has 1 atom stereocenters. The maximum absolute atomic E-state index is 6.13. The number of fused-ring (bicyclic) bond motifs is 1. The Morgan fingerprint density at radius 1 is 1.15 bits per heavy atom. The highest BCUT2D eigenvalue weighted by Crippen LogP contribution is 2.30. The van der Waals surface area contributed by atoms with E-state index in [9.17, 15) is 0 Å². The van der Waals surface area contributed by atoms with Crippen LogP contribution in [0.15, 0.2) is 49.2 Å². The molecule has 8 heteroatoms. The van der Waals surface area contributed by atoms with E-state index in [0.29, 0.717) is 16.8 Å². The largest absolute Gasteiger partial charge is 0.356 e. The smallest absolute Gasteiger partial charge is 0.180 e. The predicted molar refractivity (Wildman–Crippen MR) is 99.4 cm³/mol. The van der Waals surface area contributed by atoms with E-state index >= 15 is 0 Å². The number of rotatable bonds is 3. The van der Waals surface area contributed by atoms with Crippen molar-refractivity contribution in [3.63, 3.8) is 0 Å². The summed E-state index contributed by atoms with van der Waals surface area (Å²) < 4.78 is 1.92. The monoisotopic (exact) mass is 365 g/mol. The van der Waals surface area contributed by atoms with Crippen molar-refractivity contribution in [3.8, 4) is 11.5 Å². The summed E-state index contributed by atoms with van der Waals surface area (Å²) in [6, 6.07) is 5.66. The van der Waals surface area contributed by atoms with Crippen LogP contribution < -0.4 is 4.90 Å². The van der Waals surface area contributed by atoms with Crippen molar-refractivity contribution in [2.24, 2.45) is 0 Å². The molecule has 0 spiro atoms. The van der Waals surface area contributed by atoms with Gasteiger partial charge in [-0.2, -0.15) is 5.10 Å². The molecule has 5 rings (SSSR count). The van der Waals surface area contributed by atoms with Gasteiger partial charge in [0.2, 0.25) is 0 Å². The zero-order valence-electron chi connectivity index (χ0n) is 13.9. The minimum atomic E-state index is 0.474. The van der Waals surface area contributed by atoms with E-state index in [4.69, 9.17) is 16.6 Å². The van der Waals surface area contributed by atoms with Crippen LogP contribution in [0.5, 0.6) is 0 Å². The van der Waals surface area contributed by atoms with E-state index in [1.807, 2.05) is 41.2 Å². The topological polar surface area (TPSA) is 75.0 Å². The fourth-order valence-electron chi connectivity index (χ4n) is 3.49. The molecule has 5 heterocycles. The van der Waals surface area contributed by atoms with E-state index in [2.05, 4.69) is 25.1 Å². The van der Waals surface area contributed by atoms with Gasteiger partial charge in [-0.1, -0.05) is 11.6 Å². The molecule has 0 amide bonds. The lowest BCUT2D eigenvalue weighted by Crippen LogP contribution is -2.20. The molecule has 1 unspecified atom stereocenters. The molecule has 0 saturated carbocycles. The van der Waals surface area contributed by atoms with Gasteiger partial charge in [0.15, 0.2) is 5.82 Å². The molecule has 0 aromatic carbocycles. The number of aromatic nitrogens is 6. The average Bonchev–Trinajstić information content (AvgIpc) is 3.41. The van der Waals surface area contributed by atoms with Gasteiger partial charge in [-0.05, 0) is 30.2 Å². The Morgan fingerprint density at radius 2 is 2.12 bits per heavy atom. The summed E-state index contributed by atoms with van der Waals surface area (Å²) in [5.74, 6) is 2.05. The van der Waals surface area contributed by atoms with Gasteiger partial charge in [0.1, 0.15) is 17.2 Å². The second kappa shape index (κ2) is 6.10. The number of anilines is 1. The molecule has 4 aromatic rings. The zero-order valence-corrected chi connectivity index (χ0v) is 14.6. The lowest BCUT2D eigenvalue weighted by Gasteiger charge is -2.17. The molecular formula is C18H16ClN7. The fourth-order valence-corrected chi connectivity index (χ4v) is 3.65. The summed E-state index contributed by atoms with van der Waals surface area (Å²) in [6.07, 6.45) is 10.4. The molecule has 1 aliphatic heterocycles. The molecule has 4 aromatic heterocycles. The number of hydrogen-bond acceptors (Lipinski definition) is 5. The number of nitrogens with one attached hydrogen (secondary N) is 1. The molecule has 1 N–H and O–H groups in total. The minimum Gasteiger partial charge on any atom is -0.356 e. The highest BCUT2D eigenvalue weighted by atomic mass is 35.5. The van der Waals surface area contributed by atoms with Crippen LogP contribution in [0, 0.1) is 0 Å². The number of pyridine rings is 1. The first-order valence-corrected chi connectivity index (χ1v) is 8.85. The number of imidazole rings is 1. The van der Waals surface area contributed by atoms with Gasteiger partial charge < -0.3 is 4.90 Å². The van der Waals surface area contributed by atoms with Crippen molar-refractivity contribution in [2.45, 2.75) is 12.3 Å². The minimum absolute atomic E-state index is 0.474. The number of halogens is 1. The zero-order chi connectivity index (χ0) is 17.5. The Morgan fingerprint density at radius 3 is 3.00 bits per heavy atom. The summed E-state index contributed by atoms with van der Waals surface area (Å²) in [7, 11) is 0. The third-order valence-electron chi connectivity index (χ3n) is 4.84. The Hall–Kier alpha value is -2.93. The third-order valence-corrected chi connectivity index (χ3v) is 5.07. The van der Waals surface area contributed by atoms with Crippen molar-refractivity contribution in [1.82, 2.24) is 29.5 Å². The van der Waals surface area contributed by atoms with Gasteiger partial charge in [0.05, 0.1) is 17.4 Å². The van der Waals surface area contributed by atoms with Crippen LogP contribution in [0.3, 0.4) is 0 Å². The van der Waals surface area contributed by atoms with Gasteiger partial charge in [-0.3, -0.25) is 9.50 Å². The Labute approximate surface area is 154 Å². The molecule has 1 fully saturated rings. The van der Waals surface area contributed by atoms with E-state index in [1.54, 1.807) is 12.4 Å². The normalized spacial score (nSPS) is 17.3. The van der Waals surface area contributed by atoms with Gasteiger partial charge in [-0.15, -0.1) is 0 Å². The van der Waals surface area contributed by atoms with Crippen molar-refractivity contribution in [3.05, 3.63) is 59.8 Å². The van der Waals surface area contributed by atoms with Crippen LogP contribution in [0.4, 0.5) is 5.82 Å². The van der Waals surface area contributed by atoms with Crippen LogP contribution in [-0.2, 0) is 0 Å². The third kappa shape index (κ3) is 2.61. The quantitative estimate of drug-likeness (QED) is 0.603. The fraction of sp³-hybridized carbons (Fsp3) is 0.222. The van der Waals surface area contributed by atoms with Crippen LogP contribution in [0.2, 0.25) is 5.02 Å². The van der Waals surface area contributed by atoms with Crippen molar-refractivity contribution < 1.29 is 0 Å². The SMILES string of the molecule is Clc1ccc2ncc(-c3nccc(N4CCC(c5cn[nH]c5)C4)n3)n2c1. The van der Waals surface area contributed by atoms with Crippen molar-refractivity contribution >= 4 is 23.1 Å². The van der Waals surface area contributed by atoms with Gasteiger partial charge in [0.25, 0.3) is 0 Å². The summed E-state index contributed by atoms with van der Waals surface area (Å²) in [4.78, 5) is 15.9. The summed E-state index contributed by atoms with van der Waals surface area (Å²) in [5.41, 5.74) is 2.90. The number of hydrogen-bond donors (Lipinski definition) is 1. The first-order chi connectivity index (χ1) is 12.8. The highest BCUT2D eigenvalue weighted by molar-refractivity contribution is 6.30. The van der Waals surface area contributed by atoms with Crippen molar-refractivity contribution in [1.29, 1.82) is 0 Å². The molecular weight excluding hydrogens is 350 g/mol. The van der Waals surface area contributed by atoms with Crippen molar-refractivity contribution in [2.75, 3.05) is 18.0 Å². The first kappa shape index (κ1) is 15.3. The Kier molecular flexibility index (Phi) is 3.60. The van der Waals surface area contributed by atoms with E-state index in [0.717, 1.165) is 36.7 Å². The van der Waals surface area contributed by atoms with E-state index < -0.39 is 0 Å². The second-order valence-electron chi connectivity index (χ2n) is 6.42. The molecule has 0 bridgehead atoms.